The van der Waals surface area contributed by atoms with Crippen LogP contribution in [-0.2, 0) is 4.79 Å². The van der Waals surface area contributed by atoms with E-state index >= 15 is 0 Å². The predicted octanol–water partition coefficient (Wildman–Crippen LogP) is 4.60. The first-order valence-electron chi connectivity index (χ1n) is 7.59. The van der Waals surface area contributed by atoms with Gasteiger partial charge < -0.3 is 10.0 Å². The molecule has 1 unspecified atom stereocenters. The summed E-state index contributed by atoms with van der Waals surface area (Å²) in [6.45, 7) is 3.27. The van der Waals surface area contributed by atoms with Gasteiger partial charge in [0.05, 0.1) is 10.7 Å². The summed E-state index contributed by atoms with van der Waals surface area (Å²) in [4.78, 5) is 13.0. The number of anilines is 1. The lowest BCUT2D eigenvalue weighted by Crippen LogP contribution is -2.39. The SMILES string of the molecule is CCCC1CCCCN1c1ccc(/C=C/C(=O)O)cc1Cl. The van der Waals surface area contributed by atoms with Crippen LogP contribution in [0.3, 0.4) is 0 Å². The van der Waals surface area contributed by atoms with Crippen molar-refractivity contribution < 1.29 is 9.90 Å². The number of benzene rings is 1. The number of rotatable bonds is 5. The van der Waals surface area contributed by atoms with Gasteiger partial charge in [-0.15, -0.1) is 0 Å². The molecule has 1 heterocycles. The Morgan fingerprint density at radius 1 is 1.48 bits per heavy atom. The molecule has 1 aliphatic rings. The highest BCUT2D eigenvalue weighted by Gasteiger charge is 2.23. The second-order valence-corrected chi connectivity index (χ2v) is 5.92. The molecule has 0 amide bonds. The molecule has 1 aromatic carbocycles. The minimum Gasteiger partial charge on any atom is -0.478 e. The lowest BCUT2D eigenvalue weighted by Gasteiger charge is -2.38. The van der Waals surface area contributed by atoms with Gasteiger partial charge in [0.1, 0.15) is 0 Å². The maximum Gasteiger partial charge on any atom is 0.328 e. The highest BCUT2D eigenvalue weighted by atomic mass is 35.5. The molecule has 114 valence electrons. The molecule has 3 nitrogen and oxygen atoms in total. The Hall–Kier alpha value is -1.48. The maximum absolute atomic E-state index is 10.6. The van der Waals surface area contributed by atoms with Gasteiger partial charge in [-0.1, -0.05) is 31.0 Å². The summed E-state index contributed by atoms with van der Waals surface area (Å²) < 4.78 is 0. The van der Waals surface area contributed by atoms with E-state index in [4.69, 9.17) is 16.7 Å². The van der Waals surface area contributed by atoms with E-state index in [0.717, 1.165) is 23.9 Å². The van der Waals surface area contributed by atoms with E-state index in [9.17, 15) is 4.79 Å². The molecule has 0 aromatic heterocycles. The Kier molecular flexibility index (Phi) is 5.68. The monoisotopic (exact) mass is 307 g/mol. The fraction of sp³-hybridized carbons (Fsp3) is 0.471. The fourth-order valence-corrected chi connectivity index (χ4v) is 3.28. The van der Waals surface area contributed by atoms with Crippen LogP contribution in [0.15, 0.2) is 24.3 Å². The van der Waals surface area contributed by atoms with Gasteiger partial charge >= 0.3 is 5.97 Å². The van der Waals surface area contributed by atoms with E-state index < -0.39 is 5.97 Å². The van der Waals surface area contributed by atoms with E-state index in [1.165, 1.54) is 32.1 Å². The molecule has 0 radical (unpaired) electrons. The van der Waals surface area contributed by atoms with Gasteiger partial charge in [0, 0.05) is 18.7 Å². The van der Waals surface area contributed by atoms with Crippen molar-refractivity contribution in [2.24, 2.45) is 0 Å². The van der Waals surface area contributed by atoms with Gasteiger partial charge in [-0.2, -0.15) is 0 Å². The number of carbonyl (C=O) groups is 1. The summed E-state index contributed by atoms with van der Waals surface area (Å²) in [5, 5.41) is 9.37. The molecule has 4 heteroatoms. The number of hydrogen-bond donors (Lipinski definition) is 1. The normalized spacial score (nSPS) is 19.1. The molecular formula is C17H22ClNO2. The summed E-state index contributed by atoms with van der Waals surface area (Å²) in [5.41, 5.74) is 1.89. The summed E-state index contributed by atoms with van der Waals surface area (Å²) >= 11 is 6.42. The van der Waals surface area contributed by atoms with E-state index in [0.29, 0.717) is 11.1 Å². The molecule has 0 spiro atoms. The third-order valence-electron chi connectivity index (χ3n) is 3.95. The molecule has 1 N–H and O–H groups in total. The first-order valence-corrected chi connectivity index (χ1v) is 7.97. The highest BCUT2D eigenvalue weighted by Crippen LogP contribution is 2.33. The zero-order valence-corrected chi connectivity index (χ0v) is 13.1. The van der Waals surface area contributed by atoms with Crippen molar-refractivity contribution in [1.82, 2.24) is 0 Å². The number of carboxylic acids is 1. The van der Waals surface area contributed by atoms with Crippen LogP contribution in [0.5, 0.6) is 0 Å². The molecule has 2 rings (SSSR count). The quantitative estimate of drug-likeness (QED) is 0.808. The summed E-state index contributed by atoms with van der Waals surface area (Å²) in [6, 6.07) is 6.35. The average Bonchev–Trinajstić information content (AvgIpc) is 2.46. The molecule has 1 atom stereocenters. The second-order valence-electron chi connectivity index (χ2n) is 5.51. The lowest BCUT2D eigenvalue weighted by molar-refractivity contribution is -0.131. The predicted molar refractivity (Wildman–Crippen MR) is 88.0 cm³/mol. The largest absolute Gasteiger partial charge is 0.478 e. The van der Waals surface area contributed by atoms with Crippen LogP contribution in [0.25, 0.3) is 6.08 Å². The Balaban J connectivity index is 2.20. The number of hydrogen-bond acceptors (Lipinski definition) is 2. The third kappa shape index (κ3) is 4.24. The molecular weight excluding hydrogens is 286 g/mol. The van der Waals surface area contributed by atoms with E-state index in [1.807, 2.05) is 18.2 Å². The summed E-state index contributed by atoms with van der Waals surface area (Å²) in [5.74, 6) is -0.950. The number of carboxylic acid groups (broad SMARTS) is 1. The van der Waals surface area contributed by atoms with Crippen molar-refractivity contribution in [3.63, 3.8) is 0 Å². The smallest absolute Gasteiger partial charge is 0.328 e. The molecule has 0 bridgehead atoms. The third-order valence-corrected chi connectivity index (χ3v) is 4.25. The molecule has 1 saturated heterocycles. The Morgan fingerprint density at radius 3 is 2.95 bits per heavy atom. The Labute approximate surface area is 131 Å². The van der Waals surface area contributed by atoms with E-state index in [-0.39, 0.29) is 0 Å². The molecule has 1 aliphatic heterocycles. The lowest BCUT2D eigenvalue weighted by atomic mass is 9.97. The number of aliphatic carboxylic acids is 1. The van der Waals surface area contributed by atoms with Crippen LogP contribution in [-0.4, -0.2) is 23.7 Å². The van der Waals surface area contributed by atoms with Crippen molar-refractivity contribution >= 4 is 29.3 Å². The van der Waals surface area contributed by atoms with Crippen molar-refractivity contribution in [2.45, 2.75) is 45.1 Å². The van der Waals surface area contributed by atoms with E-state index in [2.05, 4.69) is 11.8 Å². The Morgan fingerprint density at radius 2 is 2.29 bits per heavy atom. The van der Waals surface area contributed by atoms with Gasteiger partial charge in [0.15, 0.2) is 0 Å². The highest BCUT2D eigenvalue weighted by molar-refractivity contribution is 6.33. The standard InChI is InChI=1S/C17H22ClNO2/c1-2-5-14-6-3-4-11-19(14)16-9-7-13(12-15(16)18)8-10-17(20)21/h7-10,12,14H,2-6,11H2,1H3,(H,20,21)/b10-8+. The molecule has 1 fully saturated rings. The second kappa shape index (κ2) is 7.51. The van der Waals surface area contributed by atoms with Crippen LogP contribution in [0.4, 0.5) is 5.69 Å². The zero-order valence-electron chi connectivity index (χ0n) is 12.4. The van der Waals surface area contributed by atoms with Gasteiger partial charge in [0.25, 0.3) is 0 Å². The van der Waals surface area contributed by atoms with Gasteiger partial charge in [0.2, 0.25) is 0 Å². The average molecular weight is 308 g/mol. The van der Waals surface area contributed by atoms with Crippen LogP contribution in [0.1, 0.15) is 44.6 Å². The van der Waals surface area contributed by atoms with Gasteiger partial charge in [-0.25, -0.2) is 4.79 Å². The molecule has 21 heavy (non-hydrogen) atoms. The van der Waals surface area contributed by atoms with Gasteiger partial charge in [-0.3, -0.25) is 0 Å². The molecule has 0 aliphatic carbocycles. The molecule has 1 aromatic rings. The topological polar surface area (TPSA) is 40.5 Å². The first-order chi connectivity index (χ1) is 10.1. The minimum atomic E-state index is -0.950. The number of piperidine rings is 1. The summed E-state index contributed by atoms with van der Waals surface area (Å²) in [7, 11) is 0. The Bertz CT molecular complexity index is 526. The van der Waals surface area contributed by atoms with E-state index in [1.54, 1.807) is 6.08 Å². The number of halogens is 1. The van der Waals surface area contributed by atoms with Crippen molar-refractivity contribution in [1.29, 1.82) is 0 Å². The van der Waals surface area contributed by atoms with Crippen molar-refractivity contribution in [3.8, 4) is 0 Å². The van der Waals surface area contributed by atoms with Crippen LogP contribution in [0, 0.1) is 0 Å². The van der Waals surface area contributed by atoms with Crippen LogP contribution < -0.4 is 4.90 Å². The minimum absolute atomic E-state index is 0.571. The van der Waals surface area contributed by atoms with Crippen LogP contribution >= 0.6 is 11.6 Å². The van der Waals surface area contributed by atoms with Gasteiger partial charge in [-0.05, 0) is 49.5 Å². The number of nitrogens with zero attached hydrogens (tertiary/aromatic N) is 1. The van der Waals surface area contributed by atoms with Crippen LogP contribution in [0.2, 0.25) is 5.02 Å². The maximum atomic E-state index is 10.6. The zero-order chi connectivity index (χ0) is 15.2. The first kappa shape index (κ1) is 15.9. The van der Waals surface area contributed by atoms with Crippen molar-refractivity contribution in [2.75, 3.05) is 11.4 Å². The summed E-state index contributed by atoms with van der Waals surface area (Å²) in [6.07, 6.45) is 8.79. The fourth-order valence-electron chi connectivity index (χ4n) is 2.98. The molecule has 0 saturated carbocycles. The van der Waals surface area contributed by atoms with Crippen molar-refractivity contribution in [3.05, 3.63) is 34.9 Å².